The van der Waals surface area contributed by atoms with E-state index in [1.807, 2.05) is 36.4 Å². The average Bonchev–Trinajstić information content (AvgIpc) is 3.06. The van der Waals surface area contributed by atoms with Crippen LogP contribution in [0.25, 0.3) is 11.1 Å². The van der Waals surface area contributed by atoms with Crippen LogP contribution < -0.4 is 20.7 Å². The summed E-state index contributed by atoms with van der Waals surface area (Å²) in [5.41, 5.74) is 3.98. The Kier molecular flexibility index (Phi) is 10.3. The molecule has 0 aromatic heterocycles. The van der Waals surface area contributed by atoms with Gasteiger partial charge in [0.15, 0.2) is 0 Å². The summed E-state index contributed by atoms with van der Waals surface area (Å²) < 4.78 is 6.40. The molecule has 0 aliphatic carbocycles. The van der Waals surface area contributed by atoms with E-state index in [4.69, 9.17) is 4.74 Å². The molecule has 0 saturated heterocycles. The van der Waals surface area contributed by atoms with E-state index in [9.17, 15) is 5.11 Å². The van der Waals surface area contributed by atoms with Gasteiger partial charge in [-0.2, -0.15) is 0 Å². The molecule has 5 rings (SSSR count). The minimum absolute atomic E-state index is 0.272. The zero-order chi connectivity index (χ0) is 29.9. The molecule has 5 aromatic carbocycles. The fraction of sp³-hybridized carbons (Fsp3) is 0.150. The number of phenolic OH excluding ortho intramolecular Hbond substituents is 1. The summed E-state index contributed by atoms with van der Waals surface area (Å²) in [5.74, 6) is 1.15. The summed E-state index contributed by atoms with van der Waals surface area (Å²) in [6, 6.07) is 45.2. The Morgan fingerprint density at radius 3 is 1.77 bits per heavy atom. The molecule has 0 atom stereocenters. The van der Waals surface area contributed by atoms with E-state index in [-0.39, 0.29) is 5.75 Å². The fourth-order valence-corrected chi connectivity index (χ4v) is 11.0. The number of allylic oxidation sites excluding steroid dienone is 2. The van der Waals surface area contributed by atoms with E-state index in [2.05, 4.69) is 110 Å². The van der Waals surface area contributed by atoms with E-state index in [1.165, 1.54) is 15.9 Å². The van der Waals surface area contributed by atoms with Crippen LogP contribution in [0, 0.1) is 0 Å². The Morgan fingerprint density at radius 1 is 0.628 bits per heavy atom. The van der Waals surface area contributed by atoms with Gasteiger partial charge in [0.1, 0.15) is 0 Å². The number of ether oxygens (including phenoxy) is 1. The Morgan fingerprint density at radius 2 is 1.21 bits per heavy atom. The maximum atomic E-state index is 10.6. The van der Waals surface area contributed by atoms with E-state index in [0.29, 0.717) is 13.0 Å². The van der Waals surface area contributed by atoms with Crippen molar-refractivity contribution in [3.8, 4) is 22.6 Å². The normalized spacial score (nSPS) is 11.5. The second-order valence-corrected chi connectivity index (χ2v) is 15.0. The van der Waals surface area contributed by atoms with Crippen LogP contribution in [0.1, 0.15) is 24.0 Å². The molecule has 0 aliphatic heterocycles. The SMILES string of the molecule is C=CCc1ccc(O)c(-c2ccc(OCCCC[PH](c3ccccc3)(c3ccccc3)c3ccccc3)c(CC=C)c2)c1. The van der Waals surface area contributed by atoms with Crippen molar-refractivity contribution in [1.82, 2.24) is 0 Å². The van der Waals surface area contributed by atoms with Gasteiger partial charge in [0.2, 0.25) is 0 Å². The molecule has 0 fully saturated rings. The molecule has 43 heavy (non-hydrogen) atoms. The molecule has 0 heterocycles. The van der Waals surface area contributed by atoms with E-state index in [0.717, 1.165) is 53.4 Å². The van der Waals surface area contributed by atoms with Gasteiger partial charge >= 0.3 is 233 Å². The van der Waals surface area contributed by atoms with Crippen LogP contribution in [-0.4, -0.2) is 17.9 Å². The van der Waals surface area contributed by atoms with Crippen molar-refractivity contribution in [3.05, 3.63) is 164 Å². The third-order valence-electron chi connectivity index (χ3n) is 8.18. The van der Waals surface area contributed by atoms with Crippen LogP contribution in [-0.2, 0) is 12.8 Å². The number of aromatic hydroxyl groups is 1. The van der Waals surface area contributed by atoms with Crippen LogP contribution in [0.3, 0.4) is 0 Å². The average molecular weight is 585 g/mol. The molecule has 218 valence electrons. The van der Waals surface area contributed by atoms with Gasteiger partial charge in [-0.05, 0) is 6.42 Å². The van der Waals surface area contributed by atoms with Crippen molar-refractivity contribution in [1.29, 1.82) is 0 Å². The molecule has 0 saturated carbocycles. The number of rotatable bonds is 14. The number of benzene rings is 5. The summed E-state index contributed by atoms with van der Waals surface area (Å²) in [7, 11) is -2.24. The van der Waals surface area contributed by atoms with Gasteiger partial charge in [0.05, 0.1) is 0 Å². The fourth-order valence-electron chi connectivity index (χ4n) is 6.09. The molecule has 0 spiro atoms. The third-order valence-corrected chi connectivity index (χ3v) is 13.2. The van der Waals surface area contributed by atoms with Crippen molar-refractivity contribution < 1.29 is 9.84 Å². The summed E-state index contributed by atoms with van der Waals surface area (Å²) >= 11 is 0. The van der Waals surface area contributed by atoms with Gasteiger partial charge in [0, 0.05) is 0 Å². The molecule has 0 aliphatic rings. The molecule has 3 heteroatoms. The molecule has 1 N–H and O–H groups in total. The van der Waals surface area contributed by atoms with Crippen molar-refractivity contribution in [2.75, 3.05) is 12.8 Å². The van der Waals surface area contributed by atoms with Gasteiger partial charge in [-0.1, -0.05) is 12.1 Å². The quantitative estimate of drug-likeness (QED) is 0.0807. The first-order valence-electron chi connectivity index (χ1n) is 15.1. The van der Waals surface area contributed by atoms with Crippen molar-refractivity contribution >= 4 is 23.2 Å². The zero-order valence-electron chi connectivity index (χ0n) is 24.8. The Hall–Kier alpha value is -4.39. The molecule has 0 amide bonds. The summed E-state index contributed by atoms with van der Waals surface area (Å²) in [6.45, 7) is 8.46. The molecule has 2 nitrogen and oxygen atoms in total. The summed E-state index contributed by atoms with van der Waals surface area (Å²) in [4.78, 5) is 0. The molecule has 0 unspecified atom stereocenters. The number of hydrogen-bond donors (Lipinski definition) is 1. The predicted octanol–water partition coefficient (Wildman–Crippen LogP) is 8.40. The first-order chi connectivity index (χ1) is 21.2. The van der Waals surface area contributed by atoms with E-state index in [1.54, 1.807) is 6.07 Å². The van der Waals surface area contributed by atoms with Gasteiger partial charge in [-0.3, -0.25) is 0 Å². The van der Waals surface area contributed by atoms with Crippen LogP contribution >= 0.6 is 7.26 Å². The number of hydrogen-bond acceptors (Lipinski definition) is 2. The monoisotopic (exact) mass is 584 g/mol. The molecular formula is C40H41O2P. The Bertz CT molecular complexity index is 1530. The summed E-state index contributed by atoms with van der Waals surface area (Å²) in [5, 5.41) is 14.9. The Balaban J connectivity index is 1.34. The third kappa shape index (κ3) is 6.99. The molecule has 0 radical (unpaired) electrons. The predicted molar refractivity (Wildman–Crippen MR) is 187 cm³/mol. The molecule has 0 bridgehead atoms. The molecular weight excluding hydrogens is 543 g/mol. The van der Waals surface area contributed by atoms with Gasteiger partial charge in [-0.25, -0.2) is 0 Å². The number of unbranched alkanes of at least 4 members (excludes halogenated alkanes) is 1. The minimum atomic E-state index is -2.24. The van der Waals surface area contributed by atoms with E-state index < -0.39 is 7.26 Å². The van der Waals surface area contributed by atoms with Crippen molar-refractivity contribution in [2.24, 2.45) is 0 Å². The van der Waals surface area contributed by atoms with Crippen molar-refractivity contribution in [3.63, 3.8) is 0 Å². The topological polar surface area (TPSA) is 29.5 Å². The van der Waals surface area contributed by atoms with Gasteiger partial charge < -0.3 is 0 Å². The zero-order valence-corrected chi connectivity index (χ0v) is 25.8. The summed E-state index contributed by atoms with van der Waals surface area (Å²) in [6.07, 6.45) is 8.36. The maximum absolute atomic E-state index is 10.6. The van der Waals surface area contributed by atoms with Crippen LogP contribution in [0.4, 0.5) is 0 Å². The first-order valence-corrected chi connectivity index (χ1v) is 17.3. The Labute approximate surface area is 257 Å². The first kappa shape index (κ1) is 30.1. The molecule has 5 aromatic rings. The van der Waals surface area contributed by atoms with Gasteiger partial charge in [0.25, 0.3) is 0 Å². The van der Waals surface area contributed by atoms with Crippen LogP contribution in [0.5, 0.6) is 11.5 Å². The van der Waals surface area contributed by atoms with Crippen LogP contribution in [0.2, 0.25) is 0 Å². The number of phenols is 1. The van der Waals surface area contributed by atoms with Crippen molar-refractivity contribution in [2.45, 2.75) is 25.7 Å². The van der Waals surface area contributed by atoms with Crippen LogP contribution in [0.15, 0.2) is 153 Å². The van der Waals surface area contributed by atoms with Gasteiger partial charge in [-0.15, -0.1) is 6.58 Å². The second-order valence-electron chi connectivity index (χ2n) is 11.0. The van der Waals surface area contributed by atoms with E-state index >= 15 is 0 Å². The second kappa shape index (κ2) is 14.7. The standard InChI is InChI=1S/C40H41O2P/c1-3-16-32-24-26-39(41)38(30-32)33-25-27-40(34(31-33)17-4-2)42-28-14-15-29-43(35-18-8-5-9-19-35,36-20-10-6-11-21-36)37-22-12-7-13-23-37/h3-13,18-27,30-31,41,43H,1-2,14-17,28-29H2.